The highest BCUT2D eigenvalue weighted by Gasteiger charge is 2.38. The van der Waals surface area contributed by atoms with Crippen molar-refractivity contribution in [1.29, 1.82) is 0 Å². The smallest absolute Gasteiger partial charge is 0.173 e. The molecule has 0 aliphatic heterocycles. The quantitative estimate of drug-likeness (QED) is 0.595. The molecule has 2 rings (SSSR count). The van der Waals surface area contributed by atoms with Crippen LogP contribution in [0.15, 0.2) is 36.9 Å². The highest BCUT2D eigenvalue weighted by atomic mass is 16.1. The Kier molecular flexibility index (Phi) is 1.62. The number of carbonyl (C=O) groups is 1. The van der Waals surface area contributed by atoms with Crippen LogP contribution in [0.4, 0.5) is 0 Å². The fourth-order valence-corrected chi connectivity index (χ4v) is 1.84. The minimum absolute atomic E-state index is 0.207. The Hall–Kier alpha value is -1.37. The monoisotopic (exact) mass is 172 g/mol. The summed E-state index contributed by atoms with van der Waals surface area (Å²) in [6.07, 6.45) is 2.56. The second kappa shape index (κ2) is 2.56. The predicted molar refractivity (Wildman–Crippen MR) is 52.8 cm³/mol. The van der Waals surface area contributed by atoms with Gasteiger partial charge >= 0.3 is 0 Å². The van der Waals surface area contributed by atoms with Crippen LogP contribution in [-0.2, 0) is 6.42 Å². The Balaban J connectivity index is 2.55. The number of benzene rings is 1. The van der Waals surface area contributed by atoms with Gasteiger partial charge in [0.25, 0.3) is 0 Å². The van der Waals surface area contributed by atoms with Crippen LogP contribution in [-0.4, -0.2) is 5.78 Å². The zero-order valence-electron chi connectivity index (χ0n) is 7.71. The Morgan fingerprint density at radius 2 is 2.15 bits per heavy atom. The van der Waals surface area contributed by atoms with Crippen molar-refractivity contribution in [3.8, 4) is 0 Å². The molecule has 0 heterocycles. The summed E-state index contributed by atoms with van der Waals surface area (Å²) in [4.78, 5) is 11.9. The second-order valence-electron chi connectivity index (χ2n) is 3.78. The van der Waals surface area contributed by atoms with E-state index in [0.717, 1.165) is 17.5 Å². The molecule has 13 heavy (non-hydrogen) atoms. The first-order chi connectivity index (χ1) is 6.17. The van der Waals surface area contributed by atoms with Gasteiger partial charge in [0.15, 0.2) is 5.78 Å². The summed E-state index contributed by atoms with van der Waals surface area (Å²) in [5, 5.41) is 0. The van der Waals surface area contributed by atoms with Crippen molar-refractivity contribution in [2.45, 2.75) is 13.3 Å². The molecule has 1 unspecified atom stereocenters. The molecule has 1 heteroatoms. The Labute approximate surface area is 78.1 Å². The SMILES string of the molecule is C=CC1(C)Cc2ccccc2C1=O. The highest BCUT2D eigenvalue weighted by Crippen LogP contribution is 2.36. The van der Waals surface area contributed by atoms with Crippen LogP contribution in [0.5, 0.6) is 0 Å². The molecule has 0 bridgehead atoms. The van der Waals surface area contributed by atoms with Gasteiger partial charge in [-0.25, -0.2) is 0 Å². The van der Waals surface area contributed by atoms with Crippen molar-refractivity contribution >= 4 is 5.78 Å². The average molecular weight is 172 g/mol. The van der Waals surface area contributed by atoms with Crippen molar-refractivity contribution < 1.29 is 4.79 Å². The van der Waals surface area contributed by atoms with E-state index in [2.05, 4.69) is 6.58 Å². The number of ketones is 1. The molecule has 1 aliphatic carbocycles. The lowest BCUT2D eigenvalue weighted by Crippen LogP contribution is -2.20. The van der Waals surface area contributed by atoms with Gasteiger partial charge in [-0.2, -0.15) is 0 Å². The highest BCUT2D eigenvalue weighted by molar-refractivity contribution is 6.05. The molecule has 0 saturated carbocycles. The first-order valence-electron chi connectivity index (χ1n) is 4.44. The molecule has 0 aromatic heterocycles. The third kappa shape index (κ3) is 1.04. The third-order valence-corrected chi connectivity index (χ3v) is 2.79. The molecular weight excluding hydrogens is 160 g/mol. The molecule has 1 nitrogen and oxygen atoms in total. The lowest BCUT2D eigenvalue weighted by atomic mass is 9.86. The van der Waals surface area contributed by atoms with Gasteiger partial charge in [-0.05, 0) is 18.9 Å². The largest absolute Gasteiger partial charge is 0.293 e. The third-order valence-electron chi connectivity index (χ3n) is 2.79. The van der Waals surface area contributed by atoms with E-state index in [1.165, 1.54) is 0 Å². The van der Waals surface area contributed by atoms with Crippen LogP contribution in [0.25, 0.3) is 0 Å². The number of Topliss-reactive ketones (excluding diaryl/α,β-unsaturated/α-hetero) is 1. The van der Waals surface area contributed by atoms with Crippen LogP contribution >= 0.6 is 0 Å². The fraction of sp³-hybridized carbons (Fsp3) is 0.250. The van der Waals surface area contributed by atoms with Gasteiger partial charge in [-0.15, -0.1) is 6.58 Å². The van der Waals surface area contributed by atoms with Gasteiger partial charge in [-0.3, -0.25) is 4.79 Å². The predicted octanol–water partition coefficient (Wildman–Crippen LogP) is 2.62. The molecule has 1 atom stereocenters. The van der Waals surface area contributed by atoms with E-state index in [1.807, 2.05) is 31.2 Å². The van der Waals surface area contributed by atoms with Crippen LogP contribution in [0, 0.1) is 5.41 Å². The van der Waals surface area contributed by atoms with E-state index in [9.17, 15) is 4.79 Å². The standard InChI is InChI=1S/C12H12O/c1-3-12(2)8-9-6-4-5-7-10(9)11(12)13/h3-7H,1,8H2,2H3. The van der Waals surface area contributed by atoms with Crippen molar-refractivity contribution in [3.05, 3.63) is 48.0 Å². The molecule has 1 aromatic rings. The van der Waals surface area contributed by atoms with Crippen LogP contribution in [0.2, 0.25) is 0 Å². The molecule has 1 aromatic carbocycles. The molecule has 0 amide bonds. The van der Waals surface area contributed by atoms with Gasteiger partial charge in [0, 0.05) is 5.56 Å². The zero-order valence-corrected chi connectivity index (χ0v) is 7.71. The Morgan fingerprint density at radius 1 is 1.46 bits per heavy atom. The maximum Gasteiger partial charge on any atom is 0.173 e. The fourth-order valence-electron chi connectivity index (χ4n) is 1.84. The van der Waals surface area contributed by atoms with E-state index in [4.69, 9.17) is 0 Å². The number of allylic oxidation sites excluding steroid dienone is 1. The van der Waals surface area contributed by atoms with Crippen molar-refractivity contribution in [3.63, 3.8) is 0 Å². The van der Waals surface area contributed by atoms with E-state index < -0.39 is 0 Å². The lowest BCUT2D eigenvalue weighted by molar-refractivity contribution is 0.0892. The number of hydrogen-bond donors (Lipinski definition) is 0. The lowest BCUT2D eigenvalue weighted by Gasteiger charge is -2.14. The first kappa shape index (κ1) is 8.24. The summed E-state index contributed by atoms with van der Waals surface area (Å²) in [6, 6.07) is 7.79. The summed E-state index contributed by atoms with van der Waals surface area (Å²) in [6.45, 7) is 5.67. The zero-order chi connectivity index (χ0) is 9.47. The number of carbonyl (C=O) groups excluding carboxylic acids is 1. The normalized spacial score (nSPS) is 25.8. The molecule has 1 aliphatic rings. The van der Waals surface area contributed by atoms with E-state index in [0.29, 0.717) is 0 Å². The van der Waals surface area contributed by atoms with Crippen LogP contribution in [0.1, 0.15) is 22.8 Å². The molecule has 66 valence electrons. The van der Waals surface area contributed by atoms with Gasteiger partial charge in [0.2, 0.25) is 0 Å². The Morgan fingerprint density at radius 3 is 2.77 bits per heavy atom. The van der Waals surface area contributed by atoms with E-state index in [-0.39, 0.29) is 11.2 Å². The van der Waals surface area contributed by atoms with E-state index in [1.54, 1.807) is 6.08 Å². The maximum absolute atomic E-state index is 11.9. The van der Waals surface area contributed by atoms with Gasteiger partial charge < -0.3 is 0 Å². The molecule has 0 N–H and O–H groups in total. The summed E-state index contributed by atoms with van der Waals surface area (Å²) >= 11 is 0. The number of hydrogen-bond acceptors (Lipinski definition) is 1. The summed E-state index contributed by atoms with van der Waals surface area (Å²) < 4.78 is 0. The minimum atomic E-state index is -0.371. The topological polar surface area (TPSA) is 17.1 Å². The first-order valence-corrected chi connectivity index (χ1v) is 4.44. The summed E-state index contributed by atoms with van der Waals surface area (Å²) in [7, 11) is 0. The molecular formula is C12H12O. The van der Waals surface area contributed by atoms with Gasteiger partial charge in [0.05, 0.1) is 5.41 Å². The van der Waals surface area contributed by atoms with Crippen LogP contribution < -0.4 is 0 Å². The summed E-state index contributed by atoms with van der Waals surface area (Å²) in [5.41, 5.74) is 1.64. The van der Waals surface area contributed by atoms with Crippen molar-refractivity contribution in [2.75, 3.05) is 0 Å². The van der Waals surface area contributed by atoms with Crippen LogP contribution in [0.3, 0.4) is 0 Å². The number of rotatable bonds is 1. The number of fused-ring (bicyclic) bond motifs is 1. The summed E-state index contributed by atoms with van der Waals surface area (Å²) in [5.74, 6) is 0.207. The second-order valence-corrected chi connectivity index (χ2v) is 3.78. The maximum atomic E-state index is 11.9. The van der Waals surface area contributed by atoms with Gasteiger partial charge in [0.1, 0.15) is 0 Å². The van der Waals surface area contributed by atoms with Gasteiger partial charge in [-0.1, -0.05) is 30.3 Å². The van der Waals surface area contributed by atoms with Crippen molar-refractivity contribution in [1.82, 2.24) is 0 Å². The average Bonchev–Trinajstić information content (AvgIpc) is 2.41. The molecule has 0 fully saturated rings. The molecule has 0 spiro atoms. The molecule has 0 radical (unpaired) electrons. The Bertz CT molecular complexity index is 378. The molecule has 0 saturated heterocycles. The van der Waals surface area contributed by atoms with E-state index >= 15 is 0 Å². The minimum Gasteiger partial charge on any atom is -0.293 e. The van der Waals surface area contributed by atoms with Crippen molar-refractivity contribution in [2.24, 2.45) is 5.41 Å².